The van der Waals surface area contributed by atoms with E-state index in [1.54, 1.807) is 0 Å². The average molecular weight is 281 g/mol. The number of rotatable bonds is 5. The highest BCUT2D eigenvalue weighted by atomic mass is 15.3. The van der Waals surface area contributed by atoms with Gasteiger partial charge >= 0.3 is 0 Å². The summed E-state index contributed by atoms with van der Waals surface area (Å²) < 4.78 is 0. The van der Waals surface area contributed by atoms with Crippen LogP contribution in [-0.4, -0.2) is 54.1 Å². The largest absolute Gasteiger partial charge is 0.329 e. The lowest BCUT2D eigenvalue weighted by Crippen LogP contribution is -2.56. The van der Waals surface area contributed by atoms with Gasteiger partial charge in [0.05, 0.1) is 0 Å². The van der Waals surface area contributed by atoms with Gasteiger partial charge < -0.3 is 5.73 Å². The Morgan fingerprint density at radius 2 is 1.70 bits per heavy atom. The second-order valence-electron chi connectivity index (χ2n) is 7.70. The van der Waals surface area contributed by atoms with Crippen LogP contribution in [0.4, 0.5) is 0 Å². The Morgan fingerprint density at radius 3 is 2.20 bits per heavy atom. The van der Waals surface area contributed by atoms with Gasteiger partial charge in [0.1, 0.15) is 0 Å². The smallest absolute Gasteiger partial charge is 0.0332 e. The molecule has 3 heteroatoms. The number of likely N-dealkylation sites (N-methyl/N-ethyl adjacent to an activating group) is 1. The number of hydrogen-bond donors (Lipinski definition) is 1. The normalized spacial score (nSPS) is 30.0. The van der Waals surface area contributed by atoms with Gasteiger partial charge in [-0.25, -0.2) is 0 Å². The molecule has 1 aliphatic heterocycles. The van der Waals surface area contributed by atoms with E-state index in [-0.39, 0.29) is 0 Å². The molecule has 1 heterocycles. The average Bonchev–Trinajstić information content (AvgIpc) is 2.91. The molecule has 118 valence electrons. The summed E-state index contributed by atoms with van der Waals surface area (Å²) in [6.45, 7) is 15.1. The van der Waals surface area contributed by atoms with Crippen molar-refractivity contribution in [2.75, 3.05) is 32.7 Å². The van der Waals surface area contributed by atoms with Gasteiger partial charge in [-0.1, -0.05) is 27.7 Å². The quantitative estimate of drug-likeness (QED) is 0.841. The van der Waals surface area contributed by atoms with E-state index in [1.165, 1.54) is 58.3 Å². The van der Waals surface area contributed by atoms with E-state index < -0.39 is 0 Å². The minimum atomic E-state index is 0.303. The summed E-state index contributed by atoms with van der Waals surface area (Å²) >= 11 is 0. The fraction of sp³-hybridized carbons (Fsp3) is 1.00. The van der Waals surface area contributed by atoms with E-state index in [4.69, 9.17) is 5.73 Å². The van der Waals surface area contributed by atoms with Crippen LogP contribution in [0.15, 0.2) is 0 Å². The van der Waals surface area contributed by atoms with Crippen LogP contribution >= 0.6 is 0 Å². The Kier molecular flexibility index (Phi) is 5.14. The third kappa shape index (κ3) is 3.20. The molecule has 1 aliphatic carbocycles. The van der Waals surface area contributed by atoms with E-state index in [1.807, 2.05) is 0 Å². The highest BCUT2D eigenvalue weighted by Crippen LogP contribution is 2.43. The molecule has 20 heavy (non-hydrogen) atoms. The SMILES string of the molecule is CCN(CC)C1CCN(C2(CN)CCC(C)(C)CC2)C1. The maximum absolute atomic E-state index is 6.24. The third-order valence-corrected chi connectivity index (χ3v) is 6.08. The Morgan fingerprint density at radius 1 is 1.10 bits per heavy atom. The van der Waals surface area contributed by atoms with Crippen LogP contribution < -0.4 is 5.73 Å². The predicted molar refractivity (Wildman–Crippen MR) is 86.9 cm³/mol. The van der Waals surface area contributed by atoms with Gasteiger partial charge in [0.2, 0.25) is 0 Å². The lowest BCUT2D eigenvalue weighted by atomic mass is 9.69. The molecule has 2 aliphatic rings. The van der Waals surface area contributed by atoms with Crippen molar-refractivity contribution in [3.63, 3.8) is 0 Å². The molecule has 0 aromatic rings. The summed E-state index contributed by atoms with van der Waals surface area (Å²) in [4.78, 5) is 5.36. The molecule has 0 aromatic heterocycles. The highest BCUT2D eigenvalue weighted by Gasteiger charge is 2.44. The fourth-order valence-electron chi connectivity index (χ4n) is 4.25. The van der Waals surface area contributed by atoms with Gasteiger partial charge in [-0.2, -0.15) is 0 Å². The maximum Gasteiger partial charge on any atom is 0.0332 e. The Bertz CT molecular complexity index is 299. The first-order valence-electron chi connectivity index (χ1n) is 8.65. The molecule has 1 unspecified atom stereocenters. The van der Waals surface area contributed by atoms with Crippen molar-refractivity contribution in [2.24, 2.45) is 11.1 Å². The first kappa shape index (κ1) is 16.3. The van der Waals surface area contributed by atoms with E-state index in [0.717, 1.165) is 12.6 Å². The molecule has 1 atom stereocenters. The zero-order valence-corrected chi connectivity index (χ0v) is 14.1. The van der Waals surface area contributed by atoms with Gasteiger partial charge in [0, 0.05) is 31.2 Å². The van der Waals surface area contributed by atoms with Crippen molar-refractivity contribution in [1.82, 2.24) is 9.80 Å². The molecular weight excluding hydrogens is 246 g/mol. The van der Waals surface area contributed by atoms with E-state index in [9.17, 15) is 0 Å². The summed E-state index contributed by atoms with van der Waals surface area (Å²) in [5.41, 5.74) is 7.07. The molecule has 0 aromatic carbocycles. The molecule has 1 saturated heterocycles. The predicted octanol–water partition coefficient (Wildman–Crippen LogP) is 2.70. The molecule has 2 N–H and O–H groups in total. The topological polar surface area (TPSA) is 32.5 Å². The molecule has 0 spiro atoms. The molecule has 2 fully saturated rings. The molecule has 1 saturated carbocycles. The van der Waals surface area contributed by atoms with Crippen LogP contribution in [0.2, 0.25) is 0 Å². The first-order valence-corrected chi connectivity index (χ1v) is 8.65. The fourth-order valence-corrected chi connectivity index (χ4v) is 4.25. The molecule has 2 rings (SSSR count). The van der Waals surface area contributed by atoms with Crippen LogP contribution in [0, 0.1) is 5.41 Å². The number of nitrogens with two attached hydrogens (primary N) is 1. The standard InChI is InChI=1S/C17H35N3/c1-5-19(6-2)15-7-12-20(13-15)17(14-18)10-8-16(3,4)9-11-17/h15H,5-14,18H2,1-4H3. The molecule has 0 bridgehead atoms. The van der Waals surface area contributed by atoms with Crippen molar-refractivity contribution >= 4 is 0 Å². The van der Waals surface area contributed by atoms with Crippen LogP contribution in [0.25, 0.3) is 0 Å². The van der Waals surface area contributed by atoms with Gasteiger partial charge in [-0.3, -0.25) is 9.80 Å². The van der Waals surface area contributed by atoms with Gasteiger partial charge in [0.15, 0.2) is 0 Å². The van der Waals surface area contributed by atoms with Crippen molar-refractivity contribution in [3.05, 3.63) is 0 Å². The van der Waals surface area contributed by atoms with Gasteiger partial charge in [0.25, 0.3) is 0 Å². The van der Waals surface area contributed by atoms with Gasteiger partial charge in [-0.15, -0.1) is 0 Å². The number of hydrogen-bond acceptors (Lipinski definition) is 3. The van der Waals surface area contributed by atoms with Crippen molar-refractivity contribution in [1.29, 1.82) is 0 Å². The number of nitrogens with zero attached hydrogens (tertiary/aromatic N) is 2. The minimum absolute atomic E-state index is 0.303. The second kappa shape index (κ2) is 6.33. The third-order valence-electron chi connectivity index (χ3n) is 6.08. The Balaban J connectivity index is 2.00. The van der Waals surface area contributed by atoms with Gasteiger partial charge in [-0.05, 0) is 50.6 Å². The number of likely N-dealkylation sites (tertiary alicyclic amines) is 1. The van der Waals surface area contributed by atoms with Crippen LogP contribution in [0.5, 0.6) is 0 Å². The monoisotopic (exact) mass is 281 g/mol. The van der Waals surface area contributed by atoms with Crippen LogP contribution in [0.1, 0.15) is 59.8 Å². The highest BCUT2D eigenvalue weighted by molar-refractivity contribution is 5.01. The Hall–Kier alpha value is -0.120. The molecule has 3 nitrogen and oxygen atoms in total. The second-order valence-corrected chi connectivity index (χ2v) is 7.70. The first-order chi connectivity index (χ1) is 9.46. The lowest BCUT2D eigenvalue weighted by molar-refractivity contribution is 0.0344. The minimum Gasteiger partial charge on any atom is -0.329 e. The lowest BCUT2D eigenvalue weighted by Gasteiger charge is -2.48. The summed E-state index contributed by atoms with van der Waals surface area (Å²) in [6, 6.07) is 0.753. The zero-order chi connectivity index (χ0) is 14.8. The molecular formula is C17H35N3. The van der Waals surface area contributed by atoms with Crippen molar-refractivity contribution < 1.29 is 0 Å². The molecule has 0 radical (unpaired) electrons. The van der Waals surface area contributed by atoms with E-state index >= 15 is 0 Å². The van der Waals surface area contributed by atoms with Crippen molar-refractivity contribution in [2.45, 2.75) is 71.4 Å². The van der Waals surface area contributed by atoms with E-state index in [0.29, 0.717) is 11.0 Å². The van der Waals surface area contributed by atoms with Crippen LogP contribution in [-0.2, 0) is 0 Å². The molecule has 0 amide bonds. The summed E-state index contributed by atoms with van der Waals surface area (Å²) in [5.74, 6) is 0. The van der Waals surface area contributed by atoms with E-state index in [2.05, 4.69) is 37.5 Å². The van der Waals surface area contributed by atoms with Crippen LogP contribution in [0.3, 0.4) is 0 Å². The van der Waals surface area contributed by atoms with Crippen molar-refractivity contribution in [3.8, 4) is 0 Å². The zero-order valence-electron chi connectivity index (χ0n) is 14.1. The Labute approximate surface area is 125 Å². The maximum atomic E-state index is 6.24. The summed E-state index contributed by atoms with van der Waals surface area (Å²) in [5, 5.41) is 0. The summed E-state index contributed by atoms with van der Waals surface area (Å²) in [7, 11) is 0. The summed E-state index contributed by atoms with van der Waals surface area (Å²) in [6.07, 6.45) is 6.57.